The number of nitrogens with two attached hydrogens (primary N) is 1. The minimum Gasteiger partial charge on any atom is -0.398 e. The monoisotopic (exact) mass is 406 g/mol. The van der Waals surface area contributed by atoms with Crippen molar-refractivity contribution in [3.8, 4) is 0 Å². The van der Waals surface area contributed by atoms with Crippen LogP contribution in [0.5, 0.6) is 0 Å². The van der Waals surface area contributed by atoms with Crippen LogP contribution < -0.4 is 11.1 Å². The van der Waals surface area contributed by atoms with Crippen molar-refractivity contribution in [3.05, 3.63) is 89.5 Å². The van der Waals surface area contributed by atoms with Gasteiger partial charge in [0.05, 0.1) is 5.54 Å². The van der Waals surface area contributed by atoms with Crippen LogP contribution in [0.4, 0.5) is 11.4 Å². The highest BCUT2D eigenvalue weighted by atomic mass is 15.0. The second-order valence-corrected chi connectivity index (χ2v) is 9.28. The van der Waals surface area contributed by atoms with Gasteiger partial charge in [0.15, 0.2) is 0 Å². The molecule has 2 nitrogen and oxygen atoms in total. The summed E-state index contributed by atoms with van der Waals surface area (Å²) in [5.41, 5.74) is 12.7. The fourth-order valence-electron chi connectivity index (χ4n) is 4.90. The van der Waals surface area contributed by atoms with Crippen LogP contribution in [0, 0.1) is 0 Å². The molecule has 1 aliphatic heterocycles. The Morgan fingerprint density at radius 2 is 1.48 bits per heavy atom. The first-order chi connectivity index (χ1) is 15.0. The maximum atomic E-state index is 6.09. The van der Waals surface area contributed by atoms with E-state index in [4.69, 9.17) is 5.73 Å². The Hall–Kier alpha value is -3.26. The molecule has 0 aromatic heterocycles. The summed E-state index contributed by atoms with van der Waals surface area (Å²) in [4.78, 5) is 0. The number of benzene rings is 4. The molecule has 0 spiro atoms. The molecule has 0 amide bonds. The van der Waals surface area contributed by atoms with E-state index in [0.717, 1.165) is 5.69 Å². The molecule has 0 saturated heterocycles. The van der Waals surface area contributed by atoms with E-state index in [1.54, 1.807) is 11.1 Å². The fourth-order valence-corrected chi connectivity index (χ4v) is 4.90. The van der Waals surface area contributed by atoms with Crippen LogP contribution in [-0.4, -0.2) is 5.54 Å². The Labute approximate surface area is 184 Å². The number of aryl methyl sites for hydroxylation is 2. The van der Waals surface area contributed by atoms with Crippen molar-refractivity contribution < 1.29 is 0 Å². The lowest BCUT2D eigenvalue weighted by atomic mass is 9.86. The zero-order valence-corrected chi connectivity index (χ0v) is 18.4. The number of nitrogen functional groups attached to an aromatic ring is 1. The van der Waals surface area contributed by atoms with E-state index >= 15 is 0 Å². The summed E-state index contributed by atoms with van der Waals surface area (Å²) in [6.45, 7) is 4.33. The number of hydrogen-bond donors (Lipinski definition) is 2. The number of para-hydroxylation sites is 1. The Bertz CT molecular complexity index is 1300. The van der Waals surface area contributed by atoms with E-state index in [-0.39, 0.29) is 5.54 Å². The molecule has 6 rings (SSSR count). The largest absolute Gasteiger partial charge is 0.398 e. The van der Waals surface area contributed by atoms with Gasteiger partial charge in [0.2, 0.25) is 0 Å². The lowest BCUT2D eigenvalue weighted by Crippen LogP contribution is -2.30. The molecule has 156 valence electrons. The van der Waals surface area contributed by atoms with Gasteiger partial charge in [0.1, 0.15) is 0 Å². The summed E-state index contributed by atoms with van der Waals surface area (Å²) in [7, 11) is 0. The third kappa shape index (κ3) is 3.79. The van der Waals surface area contributed by atoms with Crippen molar-refractivity contribution >= 4 is 39.0 Å². The highest BCUT2D eigenvalue weighted by Gasteiger charge is 2.18. The molecule has 0 radical (unpaired) electrons. The lowest BCUT2D eigenvalue weighted by molar-refractivity contribution is 0.690. The standard InChI is InChI=1S/C18H17N.C11H13N/c19-18-7-3-6-14-16-9-8-12-4-1-2-5-13(12)15(16)10-11-17(14)18;1-11(2)8-7-9-5-3-4-6-10(9)12-11/h3,6-11H,1-2,4-5,19H2;3-8,12H,1-2H3. The fraction of sp³-hybridized carbons (Fsp3) is 0.241. The van der Waals surface area contributed by atoms with Gasteiger partial charge in [-0.1, -0.05) is 66.7 Å². The van der Waals surface area contributed by atoms with Gasteiger partial charge in [0.25, 0.3) is 0 Å². The molecule has 31 heavy (non-hydrogen) atoms. The zero-order valence-electron chi connectivity index (χ0n) is 18.4. The van der Waals surface area contributed by atoms with Crippen LogP contribution in [0.3, 0.4) is 0 Å². The van der Waals surface area contributed by atoms with Gasteiger partial charge in [-0.25, -0.2) is 0 Å². The molecule has 4 aromatic carbocycles. The van der Waals surface area contributed by atoms with Crippen LogP contribution in [0.1, 0.15) is 43.4 Å². The van der Waals surface area contributed by atoms with E-state index in [1.807, 2.05) is 6.07 Å². The highest BCUT2D eigenvalue weighted by Crippen LogP contribution is 2.34. The van der Waals surface area contributed by atoms with Crippen LogP contribution in [0.25, 0.3) is 27.6 Å². The smallest absolute Gasteiger partial charge is 0.0503 e. The normalized spacial score (nSPS) is 16.1. The van der Waals surface area contributed by atoms with E-state index in [0.29, 0.717) is 0 Å². The number of nitrogens with one attached hydrogen (secondary N) is 1. The average molecular weight is 407 g/mol. The molecule has 1 heterocycles. The van der Waals surface area contributed by atoms with E-state index in [2.05, 4.69) is 92.0 Å². The van der Waals surface area contributed by atoms with Crippen LogP contribution >= 0.6 is 0 Å². The first-order valence-electron chi connectivity index (χ1n) is 11.3. The van der Waals surface area contributed by atoms with Gasteiger partial charge in [-0.2, -0.15) is 0 Å². The van der Waals surface area contributed by atoms with Gasteiger partial charge < -0.3 is 11.1 Å². The predicted molar refractivity (Wildman–Crippen MR) is 136 cm³/mol. The summed E-state index contributed by atoms with van der Waals surface area (Å²) >= 11 is 0. The second kappa shape index (κ2) is 7.77. The molecule has 3 N–H and O–H groups in total. The Kier molecular flexibility index (Phi) is 4.94. The molecular weight excluding hydrogens is 376 g/mol. The maximum absolute atomic E-state index is 6.09. The third-order valence-electron chi connectivity index (χ3n) is 6.52. The summed E-state index contributed by atoms with van der Waals surface area (Å²) in [6.07, 6.45) is 9.47. The highest BCUT2D eigenvalue weighted by molar-refractivity contribution is 6.12. The van der Waals surface area contributed by atoms with Gasteiger partial charge in [-0.05, 0) is 84.5 Å². The third-order valence-corrected chi connectivity index (χ3v) is 6.52. The Balaban J connectivity index is 0.000000147. The van der Waals surface area contributed by atoms with Crippen molar-refractivity contribution in [2.45, 2.75) is 45.1 Å². The van der Waals surface area contributed by atoms with E-state index in [9.17, 15) is 0 Å². The van der Waals surface area contributed by atoms with Crippen molar-refractivity contribution in [1.82, 2.24) is 0 Å². The molecule has 1 aliphatic carbocycles. The second-order valence-electron chi connectivity index (χ2n) is 9.28. The molecule has 0 bridgehead atoms. The predicted octanol–water partition coefficient (Wildman–Crippen LogP) is 7.36. The summed E-state index contributed by atoms with van der Waals surface area (Å²) in [5.74, 6) is 0. The molecule has 0 atom stereocenters. The average Bonchev–Trinajstić information content (AvgIpc) is 2.79. The zero-order chi connectivity index (χ0) is 21.4. The maximum Gasteiger partial charge on any atom is 0.0503 e. The first kappa shape index (κ1) is 19.7. The molecule has 2 aliphatic rings. The molecule has 0 unspecified atom stereocenters. The SMILES string of the molecule is CC1(C)C=Cc2ccccc2N1.Nc1cccc2c1ccc1c3c(ccc12)CCCC3. The first-order valence-corrected chi connectivity index (χ1v) is 11.3. The Morgan fingerprint density at radius 1 is 0.742 bits per heavy atom. The van der Waals surface area contributed by atoms with E-state index in [1.165, 1.54) is 58.5 Å². The summed E-state index contributed by atoms with van der Waals surface area (Å²) < 4.78 is 0. The molecular formula is C29H30N2. The van der Waals surface area contributed by atoms with Gasteiger partial charge in [0, 0.05) is 16.8 Å². The number of rotatable bonds is 0. The van der Waals surface area contributed by atoms with Crippen LogP contribution in [-0.2, 0) is 12.8 Å². The molecule has 0 fully saturated rings. The molecule has 0 saturated carbocycles. The van der Waals surface area contributed by atoms with Gasteiger partial charge in [-0.15, -0.1) is 0 Å². The van der Waals surface area contributed by atoms with Crippen molar-refractivity contribution in [2.24, 2.45) is 0 Å². The summed E-state index contributed by atoms with van der Waals surface area (Å²) in [6, 6.07) is 23.6. The number of anilines is 2. The number of fused-ring (bicyclic) bond motifs is 6. The van der Waals surface area contributed by atoms with Crippen LogP contribution in [0.15, 0.2) is 72.8 Å². The van der Waals surface area contributed by atoms with Crippen molar-refractivity contribution in [2.75, 3.05) is 11.1 Å². The molecule has 2 heteroatoms. The quantitative estimate of drug-likeness (QED) is 0.236. The minimum absolute atomic E-state index is 0.0916. The Morgan fingerprint density at radius 3 is 2.39 bits per heavy atom. The van der Waals surface area contributed by atoms with Gasteiger partial charge >= 0.3 is 0 Å². The van der Waals surface area contributed by atoms with E-state index < -0.39 is 0 Å². The lowest BCUT2D eigenvalue weighted by Gasteiger charge is -2.28. The van der Waals surface area contributed by atoms with Crippen molar-refractivity contribution in [1.29, 1.82) is 0 Å². The number of hydrogen-bond acceptors (Lipinski definition) is 2. The van der Waals surface area contributed by atoms with Gasteiger partial charge in [-0.3, -0.25) is 0 Å². The topological polar surface area (TPSA) is 38.0 Å². The van der Waals surface area contributed by atoms with Crippen molar-refractivity contribution in [3.63, 3.8) is 0 Å². The molecule has 4 aromatic rings. The minimum atomic E-state index is 0.0916. The summed E-state index contributed by atoms with van der Waals surface area (Å²) in [5, 5.41) is 8.68. The van der Waals surface area contributed by atoms with Crippen LogP contribution in [0.2, 0.25) is 0 Å².